The Morgan fingerprint density at radius 1 is 1.09 bits per heavy atom. The molecular weight excluding hydrogens is 288 g/mol. The largest absolute Gasteiger partial charge is 0.490 e. The van der Waals surface area contributed by atoms with Gasteiger partial charge in [0, 0.05) is 6.20 Å². The minimum Gasteiger partial charge on any atom is -0.490 e. The van der Waals surface area contributed by atoms with Crippen molar-refractivity contribution >= 4 is 5.82 Å². The number of halogens is 2. The summed E-state index contributed by atoms with van der Waals surface area (Å²) in [6, 6.07) is 4.26. The number of unbranched alkanes of at least 4 members (excludes halogenated alkanes) is 3. The van der Waals surface area contributed by atoms with Crippen LogP contribution < -0.4 is 10.5 Å². The van der Waals surface area contributed by atoms with E-state index in [9.17, 15) is 8.78 Å². The van der Waals surface area contributed by atoms with Gasteiger partial charge in [-0.25, -0.2) is 14.4 Å². The second-order valence-corrected chi connectivity index (χ2v) is 4.95. The molecule has 6 heteroatoms. The summed E-state index contributed by atoms with van der Waals surface area (Å²) in [6.45, 7) is 2.47. The molecule has 0 aliphatic rings. The average Bonchev–Trinajstić information content (AvgIpc) is 2.51. The smallest absolute Gasteiger partial charge is 0.201 e. The van der Waals surface area contributed by atoms with Crippen LogP contribution in [0.2, 0.25) is 0 Å². The summed E-state index contributed by atoms with van der Waals surface area (Å²) in [6.07, 6.45) is 5.43. The van der Waals surface area contributed by atoms with Gasteiger partial charge in [0.1, 0.15) is 5.82 Å². The summed E-state index contributed by atoms with van der Waals surface area (Å²) < 4.78 is 33.5. The van der Waals surface area contributed by atoms with Crippen molar-refractivity contribution in [2.75, 3.05) is 12.3 Å². The maximum atomic E-state index is 14.1. The lowest BCUT2D eigenvalue weighted by atomic mass is 10.1. The zero-order valence-corrected chi connectivity index (χ0v) is 12.5. The zero-order chi connectivity index (χ0) is 15.9. The molecule has 0 unspecified atom stereocenters. The van der Waals surface area contributed by atoms with Crippen molar-refractivity contribution in [2.24, 2.45) is 0 Å². The van der Waals surface area contributed by atoms with E-state index in [4.69, 9.17) is 10.5 Å². The normalized spacial score (nSPS) is 10.7. The number of nitrogens with two attached hydrogens (primary N) is 1. The highest BCUT2D eigenvalue weighted by Crippen LogP contribution is 2.28. The van der Waals surface area contributed by atoms with Crippen LogP contribution in [0.1, 0.15) is 32.6 Å². The first-order valence-electron chi connectivity index (χ1n) is 7.33. The van der Waals surface area contributed by atoms with Crippen LogP contribution in [0.4, 0.5) is 14.6 Å². The van der Waals surface area contributed by atoms with Gasteiger partial charge in [-0.05, 0) is 24.6 Å². The molecule has 0 bridgehead atoms. The molecule has 0 spiro atoms. The Labute approximate surface area is 128 Å². The molecule has 0 saturated heterocycles. The second kappa shape index (κ2) is 7.68. The first kappa shape index (κ1) is 16.1. The molecule has 0 aliphatic heterocycles. The van der Waals surface area contributed by atoms with Gasteiger partial charge >= 0.3 is 0 Å². The summed E-state index contributed by atoms with van der Waals surface area (Å²) in [5.41, 5.74) is 5.49. The van der Waals surface area contributed by atoms with Crippen molar-refractivity contribution < 1.29 is 13.5 Å². The minimum absolute atomic E-state index is 0.0388. The molecular formula is C16H19F2N3O. The molecule has 0 saturated carbocycles. The van der Waals surface area contributed by atoms with Crippen LogP contribution in [0, 0.1) is 11.6 Å². The van der Waals surface area contributed by atoms with E-state index in [0.717, 1.165) is 25.7 Å². The number of anilines is 1. The van der Waals surface area contributed by atoms with Gasteiger partial charge < -0.3 is 10.5 Å². The number of hydrogen-bond donors (Lipinski definition) is 1. The van der Waals surface area contributed by atoms with Crippen molar-refractivity contribution in [3.8, 4) is 17.1 Å². The Balaban J connectivity index is 2.12. The lowest BCUT2D eigenvalue weighted by molar-refractivity contribution is 0.285. The van der Waals surface area contributed by atoms with Gasteiger partial charge in [0.15, 0.2) is 17.4 Å². The van der Waals surface area contributed by atoms with Gasteiger partial charge in [0.25, 0.3) is 0 Å². The highest BCUT2D eigenvalue weighted by atomic mass is 19.2. The Hall–Kier alpha value is -2.24. The average molecular weight is 307 g/mol. The maximum Gasteiger partial charge on any atom is 0.201 e. The van der Waals surface area contributed by atoms with Crippen molar-refractivity contribution in [2.45, 2.75) is 32.6 Å². The van der Waals surface area contributed by atoms with E-state index in [1.165, 1.54) is 24.4 Å². The van der Waals surface area contributed by atoms with Crippen LogP contribution in [-0.4, -0.2) is 16.6 Å². The molecule has 22 heavy (non-hydrogen) atoms. The van der Waals surface area contributed by atoms with Gasteiger partial charge in [-0.1, -0.05) is 26.2 Å². The molecule has 2 rings (SSSR count). The zero-order valence-electron chi connectivity index (χ0n) is 12.5. The van der Waals surface area contributed by atoms with E-state index in [0.29, 0.717) is 6.61 Å². The van der Waals surface area contributed by atoms with Crippen molar-refractivity contribution in [3.63, 3.8) is 0 Å². The Morgan fingerprint density at radius 3 is 2.64 bits per heavy atom. The van der Waals surface area contributed by atoms with E-state index in [1.807, 2.05) is 0 Å². The number of ether oxygens (including phenoxy) is 1. The highest BCUT2D eigenvalue weighted by molar-refractivity contribution is 5.59. The quantitative estimate of drug-likeness (QED) is 0.786. The number of nitrogens with zero attached hydrogens (tertiary/aromatic N) is 2. The molecule has 0 amide bonds. The lowest BCUT2D eigenvalue weighted by Gasteiger charge is -2.10. The Bertz CT molecular complexity index is 635. The summed E-state index contributed by atoms with van der Waals surface area (Å²) in [7, 11) is 0. The number of benzene rings is 1. The third-order valence-corrected chi connectivity index (χ3v) is 3.22. The van der Waals surface area contributed by atoms with Crippen LogP contribution in [0.5, 0.6) is 5.75 Å². The van der Waals surface area contributed by atoms with E-state index in [1.54, 1.807) is 0 Å². The van der Waals surface area contributed by atoms with Crippen molar-refractivity contribution in [1.82, 2.24) is 9.97 Å². The van der Waals surface area contributed by atoms with Crippen molar-refractivity contribution in [3.05, 3.63) is 36.0 Å². The number of rotatable bonds is 7. The van der Waals surface area contributed by atoms with E-state index in [-0.39, 0.29) is 23.0 Å². The third kappa shape index (κ3) is 3.90. The second-order valence-electron chi connectivity index (χ2n) is 4.95. The summed E-state index contributed by atoms with van der Waals surface area (Å²) >= 11 is 0. The SMILES string of the molecule is CCCCCCOc1ccc(-c2nccc(N)n2)c(F)c1F. The summed E-state index contributed by atoms with van der Waals surface area (Å²) in [4.78, 5) is 7.79. The molecule has 1 aromatic heterocycles. The van der Waals surface area contributed by atoms with Gasteiger partial charge in [0.2, 0.25) is 5.82 Å². The van der Waals surface area contributed by atoms with E-state index in [2.05, 4.69) is 16.9 Å². The molecule has 1 aromatic carbocycles. The van der Waals surface area contributed by atoms with Crippen molar-refractivity contribution in [1.29, 1.82) is 0 Å². The molecule has 4 nitrogen and oxygen atoms in total. The first-order chi connectivity index (χ1) is 10.6. The molecule has 0 fully saturated rings. The fourth-order valence-corrected chi connectivity index (χ4v) is 2.03. The van der Waals surface area contributed by atoms with Gasteiger partial charge in [0.05, 0.1) is 12.2 Å². The van der Waals surface area contributed by atoms with Gasteiger partial charge in [-0.3, -0.25) is 0 Å². The Morgan fingerprint density at radius 2 is 1.91 bits per heavy atom. The fraction of sp³-hybridized carbons (Fsp3) is 0.375. The van der Waals surface area contributed by atoms with Crippen LogP contribution in [0.3, 0.4) is 0 Å². The third-order valence-electron chi connectivity index (χ3n) is 3.22. The predicted molar refractivity (Wildman–Crippen MR) is 81.4 cm³/mol. The number of aromatic nitrogens is 2. The maximum absolute atomic E-state index is 14.1. The standard InChI is InChI=1S/C16H19F2N3O/c1-2-3-4-5-10-22-12-7-6-11(14(17)15(12)18)16-20-9-8-13(19)21-16/h6-9H,2-5,10H2,1H3,(H2,19,20,21). The van der Waals surface area contributed by atoms with Gasteiger partial charge in [-0.2, -0.15) is 4.39 Å². The topological polar surface area (TPSA) is 61.0 Å². The number of nitrogen functional groups attached to an aromatic ring is 1. The van der Waals surface area contributed by atoms with Crippen LogP contribution in [0.25, 0.3) is 11.4 Å². The molecule has 118 valence electrons. The fourth-order valence-electron chi connectivity index (χ4n) is 2.03. The molecule has 2 aromatic rings. The molecule has 0 aliphatic carbocycles. The van der Waals surface area contributed by atoms with Crippen LogP contribution in [0.15, 0.2) is 24.4 Å². The monoisotopic (exact) mass is 307 g/mol. The minimum atomic E-state index is -1.03. The summed E-state index contributed by atoms with van der Waals surface area (Å²) in [5, 5.41) is 0. The predicted octanol–water partition coefficient (Wildman–Crippen LogP) is 3.96. The number of hydrogen-bond acceptors (Lipinski definition) is 4. The van der Waals surface area contributed by atoms with E-state index < -0.39 is 11.6 Å². The van der Waals surface area contributed by atoms with E-state index >= 15 is 0 Å². The Kier molecular flexibility index (Phi) is 5.63. The molecule has 2 N–H and O–H groups in total. The summed E-state index contributed by atoms with van der Waals surface area (Å²) in [5.74, 6) is -1.91. The molecule has 0 radical (unpaired) electrons. The van der Waals surface area contributed by atoms with Crippen LogP contribution in [-0.2, 0) is 0 Å². The highest BCUT2D eigenvalue weighted by Gasteiger charge is 2.17. The van der Waals surface area contributed by atoms with Gasteiger partial charge in [-0.15, -0.1) is 0 Å². The molecule has 1 heterocycles. The molecule has 0 atom stereocenters. The van der Waals surface area contributed by atoms with Crippen LogP contribution >= 0.6 is 0 Å². The first-order valence-corrected chi connectivity index (χ1v) is 7.33. The lowest BCUT2D eigenvalue weighted by Crippen LogP contribution is -2.03.